The largest absolute Gasteiger partial charge is 0.494 e. The van der Waals surface area contributed by atoms with Gasteiger partial charge in [-0.2, -0.15) is 0 Å². The molecule has 0 aliphatic heterocycles. The molecule has 0 aliphatic carbocycles. The van der Waals surface area contributed by atoms with Gasteiger partial charge in [-0.25, -0.2) is 4.98 Å². The van der Waals surface area contributed by atoms with Gasteiger partial charge in [-0.15, -0.1) is 11.3 Å². The molecule has 3 aromatic rings. The Hall–Kier alpha value is -3.26. The molecule has 1 N–H and O–H groups in total. The van der Waals surface area contributed by atoms with Crippen molar-refractivity contribution in [3.63, 3.8) is 0 Å². The number of nitrogens with zero attached hydrogens (tertiary/aromatic N) is 2. The van der Waals surface area contributed by atoms with Crippen LogP contribution in [0, 0.1) is 10.1 Å². The Morgan fingerprint density at radius 3 is 2.68 bits per heavy atom. The van der Waals surface area contributed by atoms with E-state index < -0.39 is 4.92 Å². The highest BCUT2D eigenvalue weighted by molar-refractivity contribution is 7.13. The third-order valence-electron chi connectivity index (χ3n) is 3.97. The van der Waals surface area contributed by atoms with Crippen LogP contribution in [0.5, 0.6) is 5.75 Å². The predicted octanol–water partition coefficient (Wildman–Crippen LogP) is 3.98. The molecule has 7 nitrogen and oxygen atoms in total. The van der Waals surface area contributed by atoms with Crippen molar-refractivity contribution in [2.24, 2.45) is 0 Å². The maximum Gasteiger partial charge on any atom is 0.274 e. The lowest BCUT2D eigenvalue weighted by atomic mass is 10.2. The standard InChI is InChI=1S/C20H19N3O4S/c1-2-27-17-9-7-14(8-10-17)20-22-16(13-28-20)11-19(24)21-12-15-5-3-4-6-18(15)23(25)26/h3-10,13H,2,11-12H2,1H3,(H,21,24). The molecule has 0 fully saturated rings. The number of ether oxygens (including phenoxy) is 1. The highest BCUT2D eigenvalue weighted by Crippen LogP contribution is 2.26. The van der Waals surface area contributed by atoms with Gasteiger partial charge < -0.3 is 10.1 Å². The zero-order valence-corrected chi connectivity index (χ0v) is 16.1. The van der Waals surface area contributed by atoms with Crippen LogP contribution >= 0.6 is 11.3 Å². The SMILES string of the molecule is CCOc1ccc(-c2nc(CC(=O)NCc3ccccc3[N+](=O)[O-])cs2)cc1. The number of thiazole rings is 1. The van der Waals surface area contributed by atoms with Gasteiger partial charge in [0, 0.05) is 29.1 Å². The molecular formula is C20H19N3O4S. The second kappa shape index (κ2) is 9.09. The molecule has 0 saturated carbocycles. The summed E-state index contributed by atoms with van der Waals surface area (Å²) >= 11 is 1.46. The third kappa shape index (κ3) is 4.92. The molecule has 0 atom stereocenters. The van der Waals surface area contributed by atoms with E-state index in [9.17, 15) is 14.9 Å². The Bertz CT molecular complexity index is 970. The first-order valence-electron chi connectivity index (χ1n) is 8.73. The molecule has 28 heavy (non-hydrogen) atoms. The Morgan fingerprint density at radius 1 is 1.21 bits per heavy atom. The van der Waals surface area contributed by atoms with Gasteiger partial charge in [0.05, 0.1) is 23.6 Å². The topological polar surface area (TPSA) is 94.4 Å². The number of aromatic nitrogens is 1. The van der Waals surface area contributed by atoms with Gasteiger partial charge in [-0.05, 0) is 31.2 Å². The lowest BCUT2D eigenvalue weighted by Crippen LogP contribution is -2.25. The number of hydrogen-bond acceptors (Lipinski definition) is 6. The fourth-order valence-electron chi connectivity index (χ4n) is 2.64. The molecule has 2 aromatic carbocycles. The molecule has 1 heterocycles. The second-order valence-corrected chi connectivity index (χ2v) is 6.80. The van der Waals surface area contributed by atoms with Crippen molar-refractivity contribution in [1.29, 1.82) is 0 Å². The first-order valence-corrected chi connectivity index (χ1v) is 9.61. The van der Waals surface area contributed by atoms with Crippen molar-refractivity contribution in [2.75, 3.05) is 6.61 Å². The second-order valence-electron chi connectivity index (χ2n) is 5.94. The van der Waals surface area contributed by atoms with E-state index in [2.05, 4.69) is 10.3 Å². The van der Waals surface area contributed by atoms with Crippen molar-refractivity contribution in [3.05, 3.63) is 75.3 Å². The summed E-state index contributed by atoms with van der Waals surface area (Å²) in [5.74, 6) is 0.569. The number of hydrogen-bond donors (Lipinski definition) is 1. The zero-order valence-electron chi connectivity index (χ0n) is 15.3. The van der Waals surface area contributed by atoms with Crippen molar-refractivity contribution in [1.82, 2.24) is 10.3 Å². The van der Waals surface area contributed by atoms with Crippen molar-refractivity contribution in [2.45, 2.75) is 19.9 Å². The van der Waals surface area contributed by atoms with Crippen LogP contribution in [0.1, 0.15) is 18.2 Å². The molecule has 0 radical (unpaired) electrons. The number of carbonyl (C=O) groups is 1. The zero-order chi connectivity index (χ0) is 19.9. The van der Waals surface area contributed by atoms with E-state index in [-0.39, 0.29) is 24.6 Å². The summed E-state index contributed by atoms with van der Waals surface area (Å²) in [6.45, 7) is 2.65. The Balaban J connectivity index is 1.59. The van der Waals surface area contributed by atoms with Gasteiger partial charge in [0.15, 0.2) is 0 Å². The van der Waals surface area contributed by atoms with Crippen LogP contribution in [0.25, 0.3) is 10.6 Å². The number of para-hydroxylation sites is 1. The molecule has 1 amide bonds. The molecule has 1 aromatic heterocycles. The smallest absolute Gasteiger partial charge is 0.274 e. The van der Waals surface area contributed by atoms with E-state index in [1.165, 1.54) is 17.4 Å². The number of carbonyl (C=O) groups excluding carboxylic acids is 1. The lowest BCUT2D eigenvalue weighted by Gasteiger charge is -2.05. The molecule has 0 saturated heterocycles. The van der Waals surface area contributed by atoms with E-state index in [0.717, 1.165) is 16.3 Å². The van der Waals surface area contributed by atoms with E-state index in [0.29, 0.717) is 17.9 Å². The van der Waals surface area contributed by atoms with Crippen LogP contribution in [0.4, 0.5) is 5.69 Å². The van der Waals surface area contributed by atoms with Crippen LogP contribution in [0.3, 0.4) is 0 Å². The fourth-order valence-corrected chi connectivity index (χ4v) is 3.47. The van der Waals surface area contributed by atoms with Crippen LogP contribution in [0.2, 0.25) is 0 Å². The Morgan fingerprint density at radius 2 is 1.96 bits per heavy atom. The molecule has 3 rings (SSSR count). The van der Waals surface area contributed by atoms with E-state index in [4.69, 9.17) is 4.74 Å². The first kappa shape index (κ1) is 19.5. The Kier molecular flexibility index (Phi) is 6.33. The summed E-state index contributed by atoms with van der Waals surface area (Å²) in [4.78, 5) is 27.3. The van der Waals surface area contributed by atoms with Crippen molar-refractivity contribution in [3.8, 4) is 16.3 Å². The summed E-state index contributed by atoms with van der Waals surface area (Å²) < 4.78 is 5.43. The highest BCUT2D eigenvalue weighted by atomic mass is 32.1. The van der Waals surface area contributed by atoms with E-state index >= 15 is 0 Å². The summed E-state index contributed by atoms with van der Waals surface area (Å²) in [7, 11) is 0. The van der Waals surface area contributed by atoms with Gasteiger partial charge >= 0.3 is 0 Å². The van der Waals surface area contributed by atoms with Crippen molar-refractivity contribution >= 4 is 22.9 Å². The maximum absolute atomic E-state index is 12.2. The quantitative estimate of drug-likeness (QED) is 0.458. The minimum atomic E-state index is -0.453. The predicted molar refractivity (Wildman–Crippen MR) is 107 cm³/mol. The molecule has 0 bridgehead atoms. The number of benzene rings is 2. The van der Waals surface area contributed by atoms with Crippen molar-refractivity contribution < 1.29 is 14.5 Å². The fraction of sp³-hybridized carbons (Fsp3) is 0.200. The molecule has 8 heteroatoms. The summed E-state index contributed by atoms with van der Waals surface area (Å²) in [5, 5.41) is 16.4. The number of nitrogens with one attached hydrogen (secondary N) is 1. The molecular weight excluding hydrogens is 378 g/mol. The maximum atomic E-state index is 12.2. The van der Waals surface area contributed by atoms with Gasteiger partial charge in [0.1, 0.15) is 10.8 Å². The van der Waals surface area contributed by atoms with Gasteiger partial charge in [0.25, 0.3) is 5.69 Å². The number of rotatable bonds is 8. The number of nitro benzene ring substituents is 1. The lowest BCUT2D eigenvalue weighted by molar-refractivity contribution is -0.385. The molecule has 144 valence electrons. The first-order chi connectivity index (χ1) is 13.6. The molecule has 0 aliphatic rings. The summed E-state index contributed by atoms with van der Waals surface area (Å²) in [6, 6.07) is 14.0. The van der Waals surface area contributed by atoms with Crippen LogP contribution in [-0.2, 0) is 17.8 Å². The molecule has 0 unspecified atom stereocenters. The number of nitro groups is 1. The number of amides is 1. The van der Waals surface area contributed by atoms with Crippen LogP contribution < -0.4 is 10.1 Å². The minimum absolute atomic E-state index is 0.00533. The molecule has 0 spiro atoms. The van der Waals surface area contributed by atoms with Gasteiger partial charge in [0.2, 0.25) is 5.91 Å². The van der Waals surface area contributed by atoms with Crippen LogP contribution in [0.15, 0.2) is 53.9 Å². The minimum Gasteiger partial charge on any atom is -0.494 e. The van der Waals surface area contributed by atoms with Crippen LogP contribution in [-0.4, -0.2) is 22.4 Å². The van der Waals surface area contributed by atoms with Gasteiger partial charge in [-0.3, -0.25) is 14.9 Å². The normalized spacial score (nSPS) is 10.5. The monoisotopic (exact) mass is 397 g/mol. The van der Waals surface area contributed by atoms with E-state index in [1.54, 1.807) is 18.2 Å². The van der Waals surface area contributed by atoms with Gasteiger partial charge in [-0.1, -0.05) is 18.2 Å². The summed E-state index contributed by atoms with van der Waals surface area (Å²) in [6.07, 6.45) is 0.119. The Labute approximate surface area is 166 Å². The average Bonchev–Trinajstić information content (AvgIpc) is 3.16. The summed E-state index contributed by atoms with van der Waals surface area (Å²) in [5.41, 5.74) is 2.08. The van der Waals surface area contributed by atoms with E-state index in [1.807, 2.05) is 36.6 Å². The highest BCUT2D eigenvalue weighted by Gasteiger charge is 2.14. The third-order valence-corrected chi connectivity index (χ3v) is 4.91. The average molecular weight is 397 g/mol.